The maximum Gasteiger partial charge on any atom is 0.180 e. The van der Waals surface area contributed by atoms with Crippen molar-refractivity contribution >= 4 is 0 Å². The zero-order valence-electron chi connectivity index (χ0n) is 10.0. The maximum atomic E-state index is 9.17. The standard InChI is InChI=1S/C12H23NO2/c1-9(15-12(2,3)4)13-11-7-5-6-10(11)8-14/h10-11,13-14H,1,5-8H2,2-4H3. The van der Waals surface area contributed by atoms with Crippen molar-refractivity contribution in [2.45, 2.75) is 51.7 Å². The van der Waals surface area contributed by atoms with Crippen LogP contribution in [0.15, 0.2) is 12.5 Å². The second kappa shape index (κ2) is 4.88. The molecule has 0 spiro atoms. The van der Waals surface area contributed by atoms with Crippen molar-refractivity contribution in [3.63, 3.8) is 0 Å². The summed E-state index contributed by atoms with van der Waals surface area (Å²) in [6, 6.07) is 0.324. The molecule has 1 fully saturated rings. The second-order valence-electron chi connectivity index (χ2n) is 5.26. The van der Waals surface area contributed by atoms with Crippen LogP contribution in [0.25, 0.3) is 0 Å². The van der Waals surface area contributed by atoms with E-state index in [9.17, 15) is 5.11 Å². The molecule has 1 rings (SSSR count). The van der Waals surface area contributed by atoms with Gasteiger partial charge in [0.25, 0.3) is 0 Å². The molecule has 0 saturated heterocycles. The van der Waals surface area contributed by atoms with Crippen molar-refractivity contribution in [2.24, 2.45) is 5.92 Å². The van der Waals surface area contributed by atoms with E-state index in [0.717, 1.165) is 12.8 Å². The van der Waals surface area contributed by atoms with Crippen LogP contribution in [0.2, 0.25) is 0 Å². The number of rotatable bonds is 4. The number of nitrogens with one attached hydrogen (secondary N) is 1. The molecule has 1 aliphatic rings. The fourth-order valence-electron chi connectivity index (χ4n) is 2.05. The van der Waals surface area contributed by atoms with Gasteiger partial charge in [-0.3, -0.25) is 0 Å². The van der Waals surface area contributed by atoms with E-state index in [1.807, 2.05) is 20.8 Å². The van der Waals surface area contributed by atoms with E-state index in [0.29, 0.717) is 17.8 Å². The molecule has 1 aliphatic carbocycles. The van der Waals surface area contributed by atoms with Crippen molar-refractivity contribution in [1.82, 2.24) is 5.32 Å². The molecule has 3 heteroatoms. The Morgan fingerprint density at radius 1 is 1.47 bits per heavy atom. The molecule has 0 aromatic heterocycles. The third-order valence-electron chi connectivity index (χ3n) is 2.67. The number of aliphatic hydroxyl groups is 1. The molecule has 2 N–H and O–H groups in total. The van der Waals surface area contributed by atoms with Gasteiger partial charge < -0.3 is 15.2 Å². The number of hydrogen-bond donors (Lipinski definition) is 2. The molecule has 3 nitrogen and oxygen atoms in total. The number of ether oxygens (including phenoxy) is 1. The van der Waals surface area contributed by atoms with Crippen LogP contribution in [-0.2, 0) is 4.74 Å². The predicted molar refractivity (Wildman–Crippen MR) is 61.3 cm³/mol. The molecule has 0 radical (unpaired) electrons. The van der Waals surface area contributed by atoms with Crippen LogP contribution in [0.1, 0.15) is 40.0 Å². The lowest BCUT2D eigenvalue weighted by molar-refractivity contribution is 0.0356. The van der Waals surface area contributed by atoms with Gasteiger partial charge in [0.1, 0.15) is 5.60 Å². The lowest BCUT2D eigenvalue weighted by Crippen LogP contribution is -2.36. The number of hydrogen-bond acceptors (Lipinski definition) is 3. The van der Waals surface area contributed by atoms with Crippen LogP contribution in [0, 0.1) is 5.92 Å². The lowest BCUT2D eigenvalue weighted by atomic mass is 10.1. The molecule has 0 aromatic rings. The summed E-state index contributed by atoms with van der Waals surface area (Å²) in [4.78, 5) is 0. The highest BCUT2D eigenvalue weighted by Crippen LogP contribution is 2.26. The highest BCUT2D eigenvalue weighted by atomic mass is 16.5. The molecule has 88 valence electrons. The Hall–Kier alpha value is -0.700. The molecule has 0 aromatic carbocycles. The highest BCUT2D eigenvalue weighted by Gasteiger charge is 2.27. The predicted octanol–water partition coefficient (Wildman–Crippen LogP) is 2.02. The molecule has 0 heterocycles. The summed E-state index contributed by atoms with van der Waals surface area (Å²) in [7, 11) is 0. The summed E-state index contributed by atoms with van der Waals surface area (Å²) < 4.78 is 5.61. The summed E-state index contributed by atoms with van der Waals surface area (Å²) in [6.45, 7) is 10.1. The average molecular weight is 213 g/mol. The monoisotopic (exact) mass is 213 g/mol. The Morgan fingerprint density at radius 2 is 2.13 bits per heavy atom. The normalized spacial score (nSPS) is 26.4. The Kier molecular flexibility index (Phi) is 4.03. The zero-order valence-corrected chi connectivity index (χ0v) is 10.0. The first kappa shape index (κ1) is 12.4. The van der Waals surface area contributed by atoms with Gasteiger partial charge in [-0.05, 0) is 40.2 Å². The van der Waals surface area contributed by atoms with Gasteiger partial charge in [-0.25, -0.2) is 0 Å². The molecule has 0 amide bonds. The Bertz CT molecular complexity index is 220. The molecule has 0 aliphatic heterocycles. The summed E-state index contributed by atoms with van der Waals surface area (Å²) in [5.41, 5.74) is -0.211. The third kappa shape index (κ3) is 4.12. The average Bonchev–Trinajstić information content (AvgIpc) is 2.48. The Labute approximate surface area is 92.5 Å². The maximum absolute atomic E-state index is 9.17. The SMILES string of the molecule is C=C(NC1CCCC1CO)OC(C)(C)C. The van der Waals surface area contributed by atoms with Crippen molar-refractivity contribution in [1.29, 1.82) is 0 Å². The van der Waals surface area contributed by atoms with Gasteiger partial charge in [0.05, 0.1) is 0 Å². The first-order chi connectivity index (χ1) is 6.92. The first-order valence-corrected chi connectivity index (χ1v) is 5.67. The van der Waals surface area contributed by atoms with E-state index >= 15 is 0 Å². The zero-order chi connectivity index (χ0) is 11.5. The number of aliphatic hydroxyl groups excluding tert-OH is 1. The fraction of sp³-hybridized carbons (Fsp3) is 0.833. The summed E-state index contributed by atoms with van der Waals surface area (Å²) in [5, 5.41) is 12.4. The summed E-state index contributed by atoms with van der Waals surface area (Å²) in [6.07, 6.45) is 3.36. The van der Waals surface area contributed by atoms with Crippen LogP contribution in [0.5, 0.6) is 0 Å². The molecular weight excluding hydrogens is 190 g/mol. The van der Waals surface area contributed by atoms with Crippen LogP contribution >= 0.6 is 0 Å². The van der Waals surface area contributed by atoms with E-state index in [1.165, 1.54) is 6.42 Å². The van der Waals surface area contributed by atoms with Crippen molar-refractivity contribution in [3.05, 3.63) is 12.5 Å². The van der Waals surface area contributed by atoms with E-state index in [2.05, 4.69) is 11.9 Å². The van der Waals surface area contributed by atoms with E-state index in [4.69, 9.17) is 4.74 Å². The minimum Gasteiger partial charge on any atom is -0.474 e. The molecular formula is C12H23NO2. The highest BCUT2D eigenvalue weighted by molar-refractivity contribution is 4.92. The van der Waals surface area contributed by atoms with Crippen molar-refractivity contribution in [3.8, 4) is 0 Å². The van der Waals surface area contributed by atoms with Gasteiger partial charge in [-0.2, -0.15) is 0 Å². The molecule has 15 heavy (non-hydrogen) atoms. The van der Waals surface area contributed by atoms with E-state index in [-0.39, 0.29) is 12.2 Å². The van der Waals surface area contributed by atoms with Crippen LogP contribution < -0.4 is 5.32 Å². The molecule has 1 saturated carbocycles. The van der Waals surface area contributed by atoms with Crippen LogP contribution in [0.4, 0.5) is 0 Å². The minimum absolute atomic E-state index is 0.211. The Balaban J connectivity index is 2.37. The lowest BCUT2D eigenvalue weighted by Gasteiger charge is -2.27. The van der Waals surface area contributed by atoms with Gasteiger partial charge >= 0.3 is 0 Å². The summed E-state index contributed by atoms with van der Waals surface area (Å²) >= 11 is 0. The first-order valence-electron chi connectivity index (χ1n) is 5.67. The molecule has 2 unspecified atom stereocenters. The molecule has 2 atom stereocenters. The second-order valence-corrected chi connectivity index (χ2v) is 5.26. The topological polar surface area (TPSA) is 41.5 Å². The van der Waals surface area contributed by atoms with Gasteiger partial charge in [0.2, 0.25) is 0 Å². The van der Waals surface area contributed by atoms with Gasteiger partial charge in [0, 0.05) is 18.6 Å². The van der Waals surface area contributed by atoms with Crippen molar-refractivity contribution in [2.75, 3.05) is 6.61 Å². The van der Waals surface area contributed by atoms with Crippen LogP contribution in [0.3, 0.4) is 0 Å². The fourth-order valence-corrected chi connectivity index (χ4v) is 2.05. The minimum atomic E-state index is -0.211. The largest absolute Gasteiger partial charge is 0.474 e. The summed E-state index contributed by atoms with van der Waals surface area (Å²) in [5.74, 6) is 0.971. The smallest absolute Gasteiger partial charge is 0.180 e. The Morgan fingerprint density at radius 3 is 2.67 bits per heavy atom. The van der Waals surface area contributed by atoms with E-state index < -0.39 is 0 Å². The molecule has 0 bridgehead atoms. The van der Waals surface area contributed by atoms with Gasteiger partial charge in [-0.15, -0.1) is 0 Å². The van der Waals surface area contributed by atoms with Crippen LogP contribution in [-0.4, -0.2) is 23.4 Å². The van der Waals surface area contributed by atoms with E-state index in [1.54, 1.807) is 0 Å². The van der Waals surface area contributed by atoms with Gasteiger partial charge in [-0.1, -0.05) is 6.42 Å². The van der Waals surface area contributed by atoms with Crippen molar-refractivity contribution < 1.29 is 9.84 Å². The van der Waals surface area contributed by atoms with Gasteiger partial charge in [0.15, 0.2) is 5.88 Å². The third-order valence-corrected chi connectivity index (χ3v) is 2.67. The quantitative estimate of drug-likeness (QED) is 0.702.